The van der Waals surface area contributed by atoms with Gasteiger partial charge in [0.25, 0.3) is 0 Å². The molecule has 0 heterocycles. The first-order valence-electron chi connectivity index (χ1n) is 18.0. The second-order valence-corrected chi connectivity index (χ2v) is 13.1. The Morgan fingerprint density at radius 1 is 0.519 bits per heavy atom. The van der Waals surface area contributed by atoms with E-state index in [1.807, 2.05) is 60.7 Å². The van der Waals surface area contributed by atoms with E-state index in [9.17, 15) is 9.59 Å². The summed E-state index contributed by atoms with van der Waals surface area (Å²) < 4.78 is 23.4. The number of rotatable bonds is 17. The van der Waals surface area contributed by atoms with Crippen molar-refractivity contribution in [1.82, 2.24) is 0 Å². The van der Waals surface area contributed by atoms with Crippen molar-refractivity contribution in [2.75, 3.05) is 14.2 Å². The fraction of sp³-hybridized carbons (Fsp3) is 0.191. The molecule has 0 bridgehead atoms. The molecule has 0 saturated carbocycles. The lowest BCUT2D eigenvalue weighted by molar-refractivity contribution is -0.148. The molecular weight excluding hydrogens is 677 g/mol. The van der Waals surface area contributed by atoms with Crippen LogP contribution in [0.4, 0.5) is 0 Å². The van der Waals surface area contributed by atoms with Gasteiger partial charge < -0.3 is 24.1 Å². The summed E-state index contributed by atoms with van der Waals surface area (Å²) in [6, 6.07) is 51.5. The number of carboxylic acids is 1. The van der Waals surface area contributed by atoms with Crippen LogP contribution in [-0.4, -0.2) is 31.3 Å². The van der Waals surface area contributed by atoms with Crippen molar-refractivity contribution in [1.29, 1.82) is 0 Å². The number of methoxy groups -OCH3 is 2. The summed E-state index contributed by atoms with van der Waals surface area (Å²) in [6.45, 7) is 0.487. The van der Waals surface area contributed by atoms with Gasteiger partial charge in [-0.15, -0.1) is 0 Å². The van der Waals surface area contributed by atoms with E-state index >= 15 is 0 Å². The van der Waals surface area contributed by atoms with Crippen molar-refractivity contribution in [2.45, 2.75) is 44.5 Å². The number of carbonyl (C=O) groups excluding carboxylic acids is 1. The van der Waals surface area contributed by atoms with Gasteiger partial charge >= 0.3 is 11.9 Å². The topological polar surface area (TPSA) is 91.3 Å². The number of ether oxygens (including phenoxy) is 4. The molecule has 6 rings (SSSR count). The average Bonchev–Trinajstić information content (AvgIpc) is 3.23. The highest BCUT2D eigenvalue weighted by Crippen LogP contribution is 2.42. The van der Waals surface area contributed by atoms with Crippen LogP contribution in [0.25, 0.3) is 11.1 Å². The molecule has 0 aliphatic rings. The van der Waals surface area contributed by atoms with Crippen LogP contribution >= 0.6 is 0 Å². The molecular formula is C47H44O7. The molecule has 1 N–H and O–H groups in total. The summed E-state index contributed by atoms with van der Waals surface area (Å²) in [4.78, 5) is 22.5. The van der Waals surface area contributed by atoms with Gasteiger partial charge in [0.1, 0.15) is 23.7 Å². The summed E-state index contributed by atoms with van der Waals surface area (Å²) >= 11 is 0. The fourth-order valence-electron chi connectivity index (χ4n) is 6.58. The highest BCUT2D eigenvalue weighted by molar-refractivity contribution is 5.76. The Hall–Kier alpha value is -6.18. The number of aryl methyl sites for hydroxylation is 2. The minimum absolute atomic E-state index is 0.126. The number of carboxylic acid groups (broad SMARTS) is 1. The zero-order valence-corrected chi connectivity index (χ0v) is 30.6. The second-order valence-electron chi connectivity index (χ2n) is 13.1. The third kappa shape index (κ3) is 9.43. The molecule has 0 aliphatic heterocycles. The Morgan fingerprint density at radius 2 is 1.07 bits per heavy atom. The molecule has 274 valence electrons. The van der Waals surface area contributed by atoms with Crippen LogP contribution in [0.15, 0.2) is 152 Å². The molecule has 0 radical (unpaired) electrons. The second kappa shape index (κ2) is 18.0. The average molecular weight is 721 g/mol. The predicted molar refractivity (Wildman–Crippen MR) is 209 cm³/mol. The summed E-state index contributed by atoms with van der Waals surface area (Å²) in [5, 5.41) is 8.77. The molecule has 54 heavy (non-hydrogen) atoms. The van der Waals surface area contributed by atoms with Gasteiger partial charge in [0.15, 0.2) is 0 Å². The normalized spacial score (nSPS) is 11.1. The maximum Gasteiger partial charge on any atom is 0.306 e. The van der Waals surface area contributed by atoms with E-state index < -0.39 is 17.5 Å². The highest BCUT2D eigenvalue weighted by Gasteiger charge is 2.38. The minimum Gasteiger partial charge on any atom is -0.497 e. The van der Waals surface area contributed by atoms with E-state index in [4.69, 9.17) is 24.1 Å². The van der Waals surface area contributed by atoms with Crippen molar-refractivity contribution in [3.05, 3.63) is 191 Å². The van der Waals surface area contributed by atoms with Crippen LogP contribution in [0.1, 0.15) is 51.8 Å². The van der Waals surface area contributed by atoms with Gasteiger partial charge in [-0.05, 0) is 93.2 Å². The van der Waals surface area contributed by atoms with E-state index in [1.54, 1.807) is 14.2 Å². The van der Waals surface area contributed by atoms with E-state index in [-0.39, 0.29) is 19.4 Å². The quantitative estimate of drug-likeness (QED) is 0.0742. The standard InChI is InChI=1S/C47H44O7/c1-51-43-24-20-41(21-25-43)47(40-12-4-3-5-13-40,42-22-26-44(52-2)27-23-42)54-33-37-10-7-11-39(31-37)38-18-16-34(17-19-38)14-15-35-8-6-9-36(30-35)32-53-46(50)29-28-45(48)49/h3-13,16-27,30-31H,14-15,28-29,32-33H2,1-2H3,(H,48,49). The molecule has 0 unspecified atom stereocenters. The fourth-order valence-corrected chi connectivity index (χ4v) is 6.58. The Bertz CT molecular complexity index is 2080. The smallest absolute Gasteiger partial charge is 0.306 e. The molecule has 0 aliphatic carbocycles. The number of carbonyl (C=O) groups is 2. The number of benzene rings is 6. The van der Waals surface area contributed by atoms with Gasteiger partial charge in [-0.2, -0.15) is 0 Å². The lowest BCUT2D eigenvalue weighted by atomic mass is 9.80. The number of hydrogen-bond acceptors (Lipinski definition) is 6. The molecule has 6 aromatic rings. The van der Waals surface area contributed by atoms with Crippen LogP contribution in [0.2, 0.25) is 0 Å². The maximum atomic E-state index is 11.8. The Kier molecular flexibility index (Phi) is 12.6. The van der Waals surface area contributed by atoms with Crippen LogP contribution in [0.3, 0.4) is 0 Å². The molecule has 6 aromatic carbocycles. The van der Waals surface area contributed by atoms with E-state index in [0.717, 1.165) is 68.8 Å². The third-order valence-electron chi connectivity index (χ3n) is 9.48. The summed E-state index contributed by atoms with van der Waals surface area (Å²) in [5.41, 5.74) is 8.56. The summed E-state index contributed by atoms with van der Waals surface area (Å²) in [7, 11) is 3.33. The zero-order valence-electron chi connectivity index (χ0n) is 30.6. The number of hydrogen-bond donors (Lipinski definition) is 1. The van der Waals surface area contributed by atoms with Crippen LogP contribution < -0.4 is 9.47 Å². The van der Waals surface area contributed by atoms with Gasteiger partial charge in [0, 0.05) is 0 Å². The van der Waals surface area contributed by atoms with Crippen molar-refractivity contribution in [3.8, 4) is 22.6 Å². The Balaban J connectivity index is 1.17. The van der Waals surface area contributed by atoms with Crippen LogP contribution in [0.5, 0.6) is 11.5 Å². The highest BCUT2D eigenvalue weighted by atomic mass is 16.5. The van der Waals surface area contributed by atoms with Crippen molar-refractivity contribution in [3.63, 3.8) is 0 Å². The number of esters is 1. The van der Waals surface area contributed by atoms with E-state index in [1.165, 1.54) is 5.56 Å². The SMILES string of the molecule is COc1ccc(C(OCc2cccc(-c3ccc(CCc4cccc(COC(=O)CCC(=O)O)c4)cc3)c2)(c2ccccc2)c2ccc(OC)cc2)cc1. The van der Waals surface area contributed by atoms with Gasteiger partial charge in [0.2, 0.25) is 0 Å². The van der Waals surface area contributed by atoms with E-state index in [0.29, 0.717) is 6.61 Å². The molecule has 7 nitrogen and oxygen atoms in total. The molecule has 0 aromatic heterocycles. The van der Waals surface area contributed by atoms with Gasteiger partial charge in [-0.25, -0.2) is 0 Å². The lowest BCUT2D eigenvalue weighted by Crippen LogP contribution is -2.32. The Labute approximate surface area is 316 Å². The Morgan fingerprint density at radius 3 is 1.69 bits per heavy atom. The summed E-state index contributed by atoms with van der Waals surface area (Å²) in [6.07, 6.45) is 1.32. The monoisotopic (exact) mass is 720 g/mol. The number of aliphatic carboxylic acids is 1. The zero-order chi connectivity index (χ0) is 37.8. The van der Waals surface area contributed by atoms with Crippen LogP contribution in [-0.2, 0) is 50.7 Å². The largest absolute Gasteiger partial charge is 0.497 e. The predicted octanol–water partition coefficient (Wildman–Crippen LogP) is 9.57. The van der Waals surface area contributed by atoms with Crippen molar-refractivity contribution in [2.24, 2.45) is 0 Å². The van der Waals surface area contributed by atoms with E-state index in [2.05, 4.69) is 91.0 Å². The van der Waals surface area contributed by atoms with Crippen molar-refractivity contribution < 1.29 is 33.6 Å². The van der Waals surface area contributed by atoms with Crippen LogP contribution in [0, 0.1) is 0 Å². The van der Waals surface area contributed by atoms with Gasteiger partial charge in [-0.3, -0.25) is 9.59 Å². The minimum atomic E-state index is -1.02. The molecule has 7 heteroatoms. The van der Waals surface area contributed by atoms with Crippen molar-refractivity contribution >= 4 is 11.9 Å². The first-order chi connectivity index (χ1) is 26.4. The molecule has 0 saturated heterocycles. The summed E-state index contributed by atoms with van der Waals surface area (Å²) in [5.74, 6) is 0.0209. The first-order valence-corrected chi connectivity index (χ1v) is 18.0. The van der Waals surface area contributed by atoms with Gasteiger partial charge in [-0.1, -0.05) is 121 Å². The molecule has 0 amide bonds. The lowest BCUT2D eigenvalue weighted by Gasteiger charge is -2.36. The molecule has 0 fully saturated rings. The molecule has 0 spiro atoms. The molecule has 0 atom stereocenters. The maximum absolute atomic E-state index is 11.8. The van der Waals surface area contributed by atoms with Gasteiger partial charge in [0.05, 0.1) is 33.7 Å². The third-order valence-corrected chi connectivity index (χ3v) is 9.48. The first kappa shape index (κ1) is 37.6.